The third-order valence-corrected chi connectivity index (χ3v) is 6.03. The number of carbonyl (C=O) groups excluding carboxylic acids is 2. The lowest BCUT2D eigenvalue weighted by atomic mass is 9.82. The van der Waals surface area contributed by atoms with Gasteiger partial charge in [-0.15, -0.1) is 0 Å². The number of nitrogens with one attached hydrogen (secondary N) is 2. The predicted molar refractivity (Wildman–Crippen MR) is 120 cm³/mol. The summed E-state index contributed by atoms with van der Waals surface area (Å²) in [5.41, 5.74) is 1.79. The molecule has 2 aromatic carbocycles. The molecule has 2 aliphatic rings. The molecule has 32 heavy (non-hydrogen) atoms. The normalized spacial score (nSPS) is 23.5. The summed E-state index contributed by atoms with van der Waals surface area (Å²) in [5, 5.41) is 6.04. The van der Waals surface area contributed by atoms with Crippen LogP contribution in [0.4, 0.5) is 0 Å². The zero-order valence-corrected chi connectivity index (χ0v) is 18.3. The van der Waals surface area contributed by atoms with E-state index in [9.17, 15) is 9.59 Å². The van der Waals surface area contributed by atoms with E-state index in [0.717, 1.165) is 16.9 Å². The van der Waals surface area contributed by atoms with E-state index >= 15 is 0 Å². The van der Waals surface area contributed by atoms with Gasteiger partial charge in [-0.3, -0.25) is 9.59 Å². The van der Waals surface area contributed by atoms with Crippen LogP contribution in [0.2, 0.25) is 0 Å². The Hall–Kier alpha value is -3.48. The molecule has 7 nitrogen and oxygen atoms in total. The van der Waals surface area contributed by atoms with Crippen LogP contribution >= 0.6 is 0 Å². The lowest BCUT2D eigenvalue weighted by Gasteiger charge is -2.39. The zero-order chi connectivity index (χ0) is 22.5. The minimum atomic E-state index is -0.267. The third kappa shape index (κ3) is 4.88. The molecule has 2 amide bonds. The Morgan fingerprint density at radius 2 is 1.91 bits per heavy atom. The maximum atomic E-state index is 12.7. The standard InChI is InChI=1S/C25H28N2O5/c1-30-19-10-7-16(8-11-19)15-26-24(28)18-9-12-22-20(13-18)27-25(29)23(32-22)14-17-5-3-4-6-21(17)31-2/h3-8,10-11,14,18,20,22H,9,12-13,15H2,1-2H3,(H,26,28)(H,27,29)/b23-14-. The number of fused-ring (bicyclic) bond motifs is 1. The molecule has 1 heterocycles. The summed E-state index contributed by atoms with van der Waals surface area (Å²) in [6.45, 7) is 0.460. The van der Waals surface area contributed by atoms with E-state index in [2.05, 4.69) is 10.6 Å². The maximum Gasteiger partial charge on any atom is 0.286 e. The average molecular weight is 437 g/mol. The molecule has 0 spiro atoms. The first kappa shape index (κ1) is 21.7. The van der Waals surface area contributed by atoms with Gasteiger partial charge in [0.25, 0.3) is 5.91 Å². The van der Waals surface area contributed by atoms with Gasteiger partial charge in [-0.1, -0.05) is 30.3 Å². The molecule has 7 heteroatoms. The van der Waals surface area contributed by atoms with Gasteiger partial charge in [0.2, 0.25) is 5.91 Å². The molecule has 0 radical (unpaired) electrons. The first-order valence-electron chi connectivity index (χ1n) is 10.8. The number of methoxy groups -OCH3 is 2. The Labute approximate surface area is 187 Å². The molecule has 1 aliphatic carbocycles. The first-order chi connectivity index (χ1) is 15.6. The molecule has 2 aromatic rings. The fourth-order valence-electron chi connectivity index (χ4n) is 4.23. The highest BCUT2D eigenvalue weighted by atomic mass is 16.5. The highest BCUT2D eigenvalue weighted by Gasteiger charge is 2.40. The van der Waals surface area contributed by atoms with Gasteiger partial charge >= 0.3 is 0 Å². The zero-order valence-electron chi connectivity index (χ0n) is 18.3. The van der Waals surface area contributed by atoms with Crippen molar-refractivity contribution in [3.63, 3.8) is 0 Å². The molecule has 0 bridgehead atoms. The Kier molecular flexibility index (Phi) is 6.63. The number of amides is 2. The topological polar surface area (TPSA) is 85.9 Å². The van der Waals surface area contributed by atoms with Gasteiger partial charge in [-0.05, 0) is 49.1 Å². The second kappa shape index (κ2) is 9.77. The lowest BCUT2D eigenvalue weighted by molar-refractivity contribution is -0.134. The summed E-state index contributed by atoms with van der Waals surface area (Å²) in [7, 11) is 3.22. The van der Waals surface area contributed by atoms with E-state index in [-0.39, 0.29) is 35.6 Å². The summed E-state index contributed by atoms with van der Waals surface area (Å²) in [6, 6.07) is 14.9. The van der Waals surface area contributed by atoms with Crippen molar-refractivity contribution in [2.75, 3.05) is 14.2 Å². The van der Waals surface area contributed by atoms with Crippen molar-refractivity contribution in [3.05, 3.63) is 65.4 Å². The van der Waals surface area contributed by atoms with Crippen LogP contribution in [-0.4, -0.2) is 38.2 Å². The van der Waals surface area contributed by atoms with Crippen molar-refractivity contribution in [1.82, 2.24) is 10.6 Å². The molecule has 3 atom stereocenters. The molecule has 2 N–H and O–H groups in total. The van der Waals surface area contributed by atoms with Crippen molar-refractivity contribution >= 4 is 17.9 Å². The molecule has 1 saturated heterocycles. The first-order valence-corrected chi connectivity index (χ1v) is 10.8. The van der Waals surface area contributed by atoms with Crippen molar-refractivity contribution in [2.24, 2.45) is 5.92 Å². The molecule has 4 rings (SSSR count). The van der Waals surface area contributed by atoms with E-state index in [1.54, 1.807) is 20.3 Å². The largest absolute Gasteiger partial charge is 0.497 e. The third-order valence-electron chi connectivity index (χ3n) is 6.03. The van der Waals surface area contributed by atoms with Crippen molar-refractivity contribution < 1.29 is 23.8 Å². The summed E-state index contributed by atoms with van der Waals surface area (Å²) in [6.07, 6.45) is 3.55. The quantitative estimate of drug-likeness (QED) is 0.680. The molecule has 3 unspecified atom stereocenters. The number of carbonyl (C=O) groups is 2. The Morgan fingerprint density at radius 1 is 1.12 bits per heavy atom. The van der Waals surface area contributed by atoms with Gasteiger partial charge in [-0.2, -0.15) is 0 Å². The van der Waals surface area contributed by atoms with E-state index in [0.29, 0.717) is 31.6 Å². The van der Waals surface area contributed by atoms with E-state index in [4.69, 9.17) is 14.2 Å². The fourth-order valence-corrected chi connectivity index (χ4v) is 4.23. The minimum absolute atomic E-state index is 0.00359. The smallest absolute Gasteiger partial charge is 0.286 e. The van der Waals surface area contributed by atoms with Gasteiger partial charge in [-0.25, -0.2) is 0 Å². The van der Waals surface area contributed by atoms with Gasteiger partial charge < -0.3 is 24.8 Å². The van der Waals surface area contributed by atoms with Crippen LogP contribution in [0.1, 0.15) is 30.4 Å². The molecule has 0 aromatic heterocycles. The van der Waals surface area contributed by atoms with Gasteiger partial charge in [0.1, 0.15) is 17.6 Å². The number of ether oxygens (including phenoxy) is 3. The molecular formula is C25H28N2O5. The second-order valence-corrected chi connectivity index (χ2v) is 8.06. The molecule has 1 aliphatic heterocycles. The summed E-state index contributed by atoms with van der Waals surface area (Å²) in [4.78, 5) is 25.3. The number of hydrogen-bond acceptors (Lipinski definition) is 5. The number of morpholine rings is 1. The maximum absolute atomic E-state index is 12.7. The van der Waals surface area contributed by atoms with Crippen LogP contribution in [0.15, 0.2) is 54.3 Å². The summed E-state index contributed by atoms with van der Waals surface area (Å²) < 4.78 is 16.5. The molecule has 2 fully saturated rings. The van der Waals surface area contributed by atoms with Crippen molar-refractivity contribution in [3.8, 4) is 11.5 Å². The van der Waals surface area contributed by atoms with Gasteiger partial charge in [0.15, 0.2) is 5.76 Å². The fraction of sp³-hybridized carbons (Fsp3) is 0.360. The number of para-hydroxylation sites is 1. The predicted octanol–water partition coefficient (Wildman–Crippen LogP) is 3.04. The molecule has 1 saturated carbocycles. The number of benzene rings is 2. The summed E-state index contributed by atoms with van der Waals surface area (Å²) in [5.74, 6) is 1.32. The van der Waals surface area contributed by atoms with Crippen LogP contribution in [-0.2, 0) is 20.9 Å². The highest BCUT2D eigenvalue weighted by Crippen LogP contribution is 2.32. The molecule has 168 valence electrons. The van der Waals surface area contributed by atoms with Crippen LogP contribution in [0.3, 0.4) is 0 Å². The second-order valence-electron chi connectivity index (χ2n) is 8.06. The van der Waals surface area contributed by atoms with Gasteiger partial charge in [0.05, 0.1) is 20.3 Å². The number of rotatable bonds is 6. The van der Waals surface area contributed by atoms with Crippen LogP contribution < -0.4 is 20.1 Å². The van der Waals surface area contributed by atoms with Crippen LogP contribution in [0, 0.1) is 5.92 Å². The van der Waals surface area contributed by atoms with Crippen molar-refractivity contribution in [1.29, 1.82) is 0 Å². The Morgan fingerprint density at radius 3 is 2.66 bits per heavy atom. The van der Waals surface area contributed by atoms with Gasteiger partial charge in [0, 0.05) is 18.0 Å². The minimum Gasteiger partial charge on any atom is -0.497 e. The van der Waals surface area contributed by atoms with Crippen LogP contribution in [0.25, 0.3) is 6.08 Å². The van der Waals surface area contributed by atoms with E-state index < -0.39 is 0 Å². The SMILES string of the molecule is COc1ccc(CNC(=O)C2CCC3O/C(=C\c4ccccc4OC)C(=O)NC3C2)cc1. The van der Waals surface area contributed by atoms with Crippen molar-refractivity contribution in [2.45, 2.75) is 38.0 Å². The number of hydrogen-bond donors (Lipinski definition) is 2. The van der Waals surface area contributed by atoms with E-state index in [1.165, 1.54) is 0 Å². The van der Waals surface area contributed by atoms with Crippen LogP contribution in [0.5, 0.6) is 11.5 Å². The average Bonchev–Trinajstić information content (AvgIpc) is 2.83. The summed E-state index contributed by atoms with van der Waals surface area (Å²) >= 11 is 0. The monoisotopic (exact) mass is 436 g/mol. The van der Waals surface area contributed by atoms with E-state index in [1.807, 2.05) is 48.5 Å². The Bertz CT molecular complexity index is 1000. The Balaban J connectivity index is 1.34. The highest BCUT2D eigenvalue weighted by molar-refractivity contribution is 5.97. The molecular weight excluding hydrogens is 408 g/mol. The lowest BCUT2D eigenvalue weighted by Crippen LogP contribution is -2.54.